The van der Waals surface area contributed by atoms with E-state index in [-0.39, 0.29) is 23.8 Å². The lowest BCUT2D eigenvalue weighted by Gasteiger charge is -2.45. The summed E-state index contributed by atoms with van der Waals surface area (Å²) in [7, 11) is 0. The molecule has 1 aromatic heterocycles. The number of rotatable bonds is 3. The summed E-state index contributed by atoms with van der Waals surface area (Å²) in [5, 5.41) is 21.7. The molecule has 2 rings (SSSR count). The number of aliphatic hydroxyl groups is 1. The zero-order valence-electron chi connectivity index (χ0n) is 11.9. The average molecular weight is 280 g/mol. The van der Waals surface area contributed by atoms with Crippen molar-refractivity contribution in [3.8, 4) is 0 Å². The van der Waals surface area contributed by atoms with Gasteiger partial charge in [-0.15, -0.1) is 0 Å². The van der Waals surface area contributed by atoms with Gasteiger partial charge in [0.25, 0.3) is 5.69 Å². The lowest BCUT2D eigenvalue weighted by molar-refractivity contribution is -0.386. The molecule has 1 aliphatic heterocycles. The van der Waals surface area contributed by atoms with Gasteiger partial charge in [0.2, 0.25) is 0 Å². The highest BCUT2D eigenvalue weighted by molar-refractivity contribution is 5.39. The second kappa shape index (κ2) is 5.46. The Morgan fingerprint density at radius 2 is 2.30 bits per heavy atom. The zero-order valence-corrected chi connectivity index (χ0v) is 11.9. The summed E-state index contributed by atoms with van der Waals surface area (Å²) < 4.78 is 5.86. The van der Waals surface area contributed by atoms with Gasteiger partial charge in [-0.1, -0.05) is 13.8 Å². The molecule has 0 amide bonds. The summed E-state index contributed by atoms with van der Waals surface area (Å²) in [6, 6.07) is 1.62. The number of pyridine rings is 1. The smallest absolute Gasteiger partial charge is 0.293 e. The van der Waals surface area contributed by atoms with Gasteiger partial charge in [-0.25, -0.2) is 0 Å². The molecular weight excluding hydrogens is 260 g/mol. The topological polar surface area (TPSA) is 85.5 Å². The fourth-order valence-corrected chi connectivity index (χ4v) is 3.00. The van der Waals surface area contributed by atoms with Gasteiger partial charge in [-0.05, 0) is 31.7 Å². The molecular formula is C14H20N2O4. The Kier molecular flexibility index (Phi) is 4.06. The Bertz CT molecular complexity index is 494. The molecule has 4 atom stereocenters. The lowest BCUT2D eigenvalue weighted by Crippen LogP contribution is -2.51. The van der Waals surface area contributed by atoms with Crippen LogP contribution in [0, 0.1) is 16.0 Å². The fourth-order valence-electron chi connectivity index (χ4n) is 3.00. The molecule has 1 N–H and O–H groups in total. The van der Waals surface area contributed by atoms with Gasteiger partial charge in [0.05, 0.1) is 28.3 Å². The Balaban J connectivity index is 2.31. The summed E-state index contributed by atoms with van der Waals surface area (Å²) in [4.78, 5) is 14.4. The summed E-state index contributed by atoms with van der Waals surface area (Å²) in [6.45, 7) is 5.70. The van der Waals surface area contributed by atoms with Crippen molar-refractivity contribution >= 4 is 5.69 Å². The normalized spacial score (nSPS) is 33.9. The second-order valence-electron chi connectivity index (χ2n) is 5.44. The predicted molar refractivity (Wildman–Crippen MR) is 73.2 cm³/mol. The lowest BCUT2D eigenvalue weighted by atomic mass is 9.76. The van der Waals surface area contributed by atoms with Crippen LogP contribution in [0.3, 0.4) is 0 Å². The molecule has 2 heterocycles. The monoisotopic (exact) mass is 280 g/mol. The van der Waals surface area contributed by atoms with Gasteiger partial charge in [0.1, 0.15) is 6.20 Å². The molecule has 0 saturated carbocycles. The largest absolute Gasteiger partial charge is 0.387 e. The first-order valence-corrected chi connectivity index (χ1v) is 6.86. The maximum absolute atomic E-state index is 11.1. The molecule has 0 bridgehead atoms. The maximum Gasteiger partial charge on any atom is 0.293 e. The van der Waals surface area contributed by atoms with E-state index in [4.69, 9.17) is 4.74 Å². The van der Waals surface area contributed by atoms with E-state index in [1.54, 1.807) is 6.07 Å². The van der Waals surface area contributed by atoms with Gasteiger partial charge in [0, 0.05) is 6.20 Å². The van der Waals surface area contributed by atoms with E-state index in [9.17, 15) is 15.2 Å². The van der Waals surface area contributed by atoms with Crippen LogP contribution in [-0.2, 0) is 4.74 Å². The molecule has 1 unspecified atom stereocenters. The number of hydrogen-bond acceptors (Lipinski definition) is 5. The molecule has 110 valence electrons. The van der Waals surface area contributed by atoms with Crippen LogP contribution in [0.15, 0.2) is 18.5 Å². The fraction of sp³-hybridized carbons (Fsp3) is 0.643. The third-order valence-electron chi connectivity index (χ3n) is 4.44. The van der Waals surface area contributed by atoms with E-state index in [0.29, 0.717) is 18.4 Å². The molecule has 1 saturated heterocycles. The van der Waals surface area contributed by atoms with Crippen LogP contribution in [0.25, 0.3) is 0 Å². The van der Waals surface area contributed by atoms with Crippen LogP contribution in [0.4, 0.5) is 5.69 Å². The van der Waals surface area contributed by atoms with E-state index >= 15 is 0 Å². The summed E-state index contributed by atoms with van der Waals surface area (Å²) in [5.74, 6) is 0.00835. The van der Waals surface area contributed by atoms with Crippen LogP contribution in [0.5, 0.6) is 0 Å². The van der Waals surface area contributed by atoms with Crippen molar-refractivity contribution in [2.75, 3.05) is 0 Å². The van der Waals surface area contributed by atoms with Crippen molar-refractivity contribution in [2.24, 2.45) is 5.92 Å². The number of ether oxygens (including phenoxy) is 1. The Morgan fingerprint density at radius 1 is 1.60 bits per heavy atom. The number of aromatic nitrogens is 1. The van der Waals surface area contributed by atoms with E-state index in [0.717, 1.165) is 0 Å². The Labute approximate surface area is 117 Å². The minimum Gasteiger partial charge on any atom is -0.387 e. The third kappa shape index (κ3) is 2.41. The molecule has 0 radical (unpaired) electrons. The van der Waals surface area contributed by atoms with Crippen molar-refractivity contribution in [1.29, 1.82) is 0 Å². The van der Waals surface area contributed by atoms with Gasteiger partial charge in [0.15, 0.2) is 0 Å². The molecule has 0 spiro atoms. The van der Waals surface area contributed by atoms with Gasteiger partial charge < -0.3 is 9.84 Å². The number of nitro groups is 1. The van der Waals surface area contributed by atoms with Crippen molar-refractivity contribution in [1.82, 2.24) is 4.98 Å². The average Bonchev–Trinajstić information content (AvgIpc) is 2.44. The maximum atomic E-state index is 11.1. The molecule has 1 aliphatic rings. The Hall–Kier alpha value is -1.53. The highest BCUT2D eigenvalue weighted by Crippen LogP contribution is 2.43. The first-order chi connectivity index (χ1) is 9.40. The minimum absolute atomic E-state index is 0.00835. The summed E-state index contributed by atoms with van der Waals surface area (Å²) in [5.41, 5.74) is -0.376. The summed E-state index contributed by atoms with van der Waals surface area (Å²) in [6.07, 6.45) is 3.18. The van der Waals surface area contributed by atoms with Crippen LogP contribution in [0.1, 0.15) is 45.3 Å². The van der Waals surface area contributed by atoms with Crippen molar-refractivity contribution < 1.29 is 14.8 Å². The van der Waals surface area contributed by atoms with Crippen molar-refractivity contribution in [2.45, 2.75) is 51.4 Å². The van der Waals surface area contributed by atoms with E-state index in [1.165, 1.54) is 12.4 Å². The van der Waals surface area contributed by atoms with Crippen LogP contribution in [-0.4, -0.2) is 26.7 Å². The van der Waals surface area contributed by atoms with Gasteiger partial charge in [-0.2, -0.15) is 0 Å². The highest BCUT2D eigenvalue weighted by Gasteiger charge is 2.45. The van der Waals surface area contributed by atoms with Crippen molar-refractivity contribution in [3.63, 3.8) is 0 Å². The SMILES string of the molecule is CCC1(O)[C@H](C)C[C@H](c2ccncc2[N+](=O)[O-])O[C@@H]1C. The van der Waals surface area contributed by atoms with Gasteiger partial charge >= 0.3 is 0 Å². The summed E-state index contributed by atoms with van der Waals surface area (Å²) >= 11 is 0. The van der Waals surface area contributed by atoms with E-state index < -0.39 is 10.5 Å². The van der Waals surface area contributed by atoms with Crippen molar-refractivity contribution in [3.05, 3.63) is 34.1 Å². The number of hydrogen-bond donors (Lipinski definition) is 1. The van der Waals surface area contributed by atoms with E-state index in [1.807, 2.05) is 20.8 Å². The van der Waals surface area contributed by atoms with Gasteiger partial charge in [-0.3, -0.25) is 15.1 Å². The van der Waals surface area contributed by atoms with Crippen LogP contribution in [0.2, 0.25) is 0 Å². The molecule has 1 fully saturated rings. The molecule has 0 aromatic carbocycles. The minimum atomic E-state index is -0.877. The molecule has 1 aromatic rings. The predicted octanol–water partition coefficient (Wildman–Crippen LogP) is 2.62. The second-order valence-corrected chi connectivity index (χ2v) is 5.44. The molecule has 0 aliphatic carbocycles. The van der Waals surface area contributed by atoms with Crippen LogP contribution >= 0.6 is 0 Å². The first kappa shape index (κ1) is 14.9. The standard InChI is InChI=1S/C14H20N2O4/c1-4-14(17)9(2)7-13(20-10(14)3)11-5-6-15-8-12(11)16(18)19/h5-6,8-10,13,17H,4,7H2,1-3H3/t9-,10-,13-,14?/m1/s1. The number of nitrogens with zero attached hydrogens (tertiary/aromatic N) is 2. The molecule has 6 heteroatoms. The van der Waals surface area contributed by atoms with E-state index in [2.05, 4.69) is 4.98 Å². The van der Waals surface area contributed by atoms with Crippen LogP contribution < -0.4 is 0 Å². The molecule has 20 heavy (non-hydrogen) atoms. The quantitative estimate of drug-likeness (QED) is 0.679. The zero-order chi connectivity index (χ0) is 14.9. The highest BCUT2D eigenvalue weighted by atomic mass is 16.6. The first-order valence-electron chi connectivity index (χ1n) is 6.86. The molecule has 6 nitrogen and oxygen atoms in total. The Morgan fingerprint density at radius 3 is 2.85 bits per heavy atom. The third-order valence-corrected chi connectivity index (χ3v) is 4.44.